The van der Waals surface area contributed by atoms with Crippen molar-refractivity contribution in [2.45, 2.75) is 19.3 Å². The van der Waals surface area contributed by atoms with Gasteiger partial charge in [0.25, 0.3) is 5.91 Å². The van der Waals surface area contributed by atoms with Crippen LogP contribution in [0.5, 0.6) is 0 Å². The Hall–Kier alpha value is -2.44. The maximum Gasteiger partial charge on any atom is 0.343 e. The van der Waals surface area contributed by atoms with Crippen molar-refractivity contribution in [1.82, 2.24) is 20.1 Å². The average molecular weight is 318 g/mol. The summed E-state index contributed by atoms with van der Waals surface area (Å²) in [6.45, 7) is 0.513. The quantitative estimate of drug-likeness (QED) is 0.841. The molecule has 1 aromatic carbocycles. The third-order valence-corrected chi connectivity index (χ3v) is 4.21. The average Bonchev–Trinajstić information content (AvgIpc) is 3.31. The zero-order chi connectivity index (χ0) is 16.4. The van der Waals surface area contributed by atoms with Crippen LogP contribution in [0, 0.1) is 17.7 Å². The molecule has 1 atom stereocenters. The molecular formula is C16H19FN4O2. The Balaban J connectivity index is 1.60. The maximum absolute atomic E-state index is 13.0. The van der Waals surface area contributed by atoms with Crippen LogP contribution in [0.2, 0.25) is 0 Å². The molecule has 1 aromatic heterocycles. The lowest BCUT2D eigenvalue weighted by Crippen LogP contribution is -2.32. The number of carbonyl (C=O) groups is 1. The van der Waals surface area contributed by atoms with E-state index in [4.69, 9.17) is 0 Å². The van der Waals surface area contributed by atoms with Crippen molar-refractivity contribution >= 4 is 5.91 Å². The lowest BCUT2D eigenvalue weighted by molar-refractivity contribution is 0.0934. The van der Waals surface area contributed by atoms with Gasteiger partial charge >= 0.3 is 5.69 Å². The van der Waals surface area contributed by atoms with E-state index in [1.807, 2.05) is 0 Å². The molecule has 0 aliphatic heterocycles. The smallest absolute Gasteiger partial charge is 0.343 e. The fraction of sp³-hybridized carbons (Fsp3) is 0.438. The van der Waals surface area contributed by atoms with Gasteiger partial charge in [-0.3, -0.25) is 9.78 Å². The molecular weight excluding hydrogens is 299 g/mol. The summed E-state index contributed by atoms with van der Waals surface area (Å²) in [6, 6.07) is 6.47. The van der Waals surface area contributed by atoms with Gasteiger partial charge in [0.05, 0.1) is 0 Å². The minimum atomic E-state index is -0.416. The van der Waals surface area contributed by atoms with Crippen molar-refractivity contribution in [2.75, 3.05) is 6.54 Å². The molecule has 1 heterocycles. The molecule has 1 amide bonds. The predicted molar refractivity (Wildman–Crippen MR) is 82.5 cm³/mol. The van der Waals surface area contributed by atoms with Crippen LogP contribution in [-0.2, 0) is 13.5 Å². The number of nitrogens with zero attached hydrogens (tertiary/aromatic N) is 2. The van der Waals surface area contributed by atoms with Gasteiger partial charge < -0.3 is 5.32 Å². The van der Waals surface area contributed by atoms with Gasteiger partial charge in [-0.05, 0) is 48.8 Å². The lowest BCUT2D eigenvalue weighted by Gasteiger charge is -2.16. The van der Waals surface area contributed by atoms with E-state index in [0.717, 1.165) is 29.5 Å². The number of amides is 1. The molecule has 2 aromatic rings. The number of carbonyl (C=O) groups excluding carboxylic acids is 1. The summed E-state index contributed by atoms with van der Waals surface area (Å²) < 4.78 is 14.1. The van der Waals surface area contributed by atoms with Crippen LogP contribution in [0.4, 0.5) is 4.39 Å². The first-order valence-corrected chi connectivity index (χ1v) is 7.69. The van der Waals surface area contributed by atoms with E-state index in [2.05, 4.69) is 15.4 Å². The predicted octanol–water partition coefficient (Wildman–Crippen LogP) is 1.25. The Labute approximate surface area is 132 Å². The topological polar surface area (TPSA) is 79.8 Å². The second-order valence-corrected chi connectivity index (χ2v) is 6.04. The molecule has 122 valence electrons. The van der Waals surface area contributed by atoms with Crippen LogP contribution < -0.4 is 11.0 Å². The summed E-state index contributed by atoms with van der Waals surface area (Å²) >= 11 is 0. The standard InChI is InChI=1S/C16H19FN4O2/c1-21-16(23)19-14(20-21)15(22)18-9-12(11-4-5-11)8-10-2-6-13(17)7-3-10/h2-3,6-7,11-12H,4-5,8-9H2,1H3,(H,18,22)(H,19,20,23). The van der Waals surface area contributed by atoms with Crippen molar-refractivity contribution in [3.63, 3.8) is 0 Å². The monoisotopic (exact) mass is 318 g/mol. The Kier molecular flexibility index (Phi) is 4.27. The number of benzene rings is 1. The largest absolute Gasteiger partial charge is 0.349 e. The third-order valence-electron chi connectivity index (χ3n) is 4.21. The summed E-state index contributed by atoms with van der Waals surface area (Å²) in [4.78, 5) is 25.8. The number of H-pyrrole nitrogens is 1. The van der Waals surface area contributed by atoms with Gasteiger partial charge in [-0.15, -0.1) is 5.10 Å². The SMILES string of the molecule is Cn1nc(C(=O)NCC(Cc2ccc(F)cc2)C2CC2)[nH]c1=O. The van der Waals surface area contributed by atoms with Crippen molar-refractivity contribution in [2.24, 2.45) is 18.9 Å². The molecule has 1 aliphatic rings. The Morgan fingerprint density at radius 1 is 1.43 bits per heavy atom. The molecule has 7 heteroatoms. The molecule has 3 rings (SSSR count). The zero-order valence-corrected chi connectivity index (χ0v) is 12.9. The van der Waals surface area contributed by atoms with Crippen LogP contribution in [-0.4, -0.2) is 27.2 Å². The van der Waals surface area contributed by atoms with Crippen molar-refractivity contribution in [3.05, 3.63) is 52.0 Å². The van der Waals surface area contributed by atoms with Crippen LogP contribution >= 0.6 is 0 Å². The van der Waals surface area contributed by atoms with E-state index in [1.165, 1.54) is 19.2 Å². The first-order valence-electron chi connectivity index (χ1n) is 7.69. The summed E-state index contributed by atoms with van der Waals surface area (Å²) in [5.74, 6) is 0.286. The fourth-order valence-corrected chi connectivity index (χ4v) is 2.71. The van der Waals surface area contributed by atoms with E-state index in [-0.39, 0.29) is 17.5 Å². The van der Waals surface area contributed by atoms with Gasteiger partial charge in [-0.1, -0.05) is 12.1 Å². The van der Waals surface area contributed by atoms with E-state index in [9.17, 15) is 14.0 Å². The first-order chi connectivity index (χ1) is 11.0. The van der Waals surface area contributed by atoms with E-state index >= 15 is 0 Å². The highest BCUT2D eigenvalue weighted by molar-refractivity contribution is 5.90. The highest BCUT2D eigenvalue weighted by Crippen LogP contribution is 2.38. The summed E-state index contributed by atoms with van der Waals surface area (Å²) in [6.07, 6.45) is 3.11. The van der Waals surface area contributed by atoms with Crippen LogP contribution in [0.3, 0.4) is 0 Å². The second kappa shape index (κ2) is 6.36. The molecule has 1 unspecified atom stereocenters. The highest BCUT2D eigenvalue weighted by atomic mass is 19.1. The number of hydrogen-bond acceptors (Lipinski definition) is 3. The molecule has 2 N–H and O–H groups in total. The number of aryl methyl sites for hydroxylation is 1. The Bertz CT molecular complexity index is 746. The first kappa shape index (κ1) is 15.5. The molecule has 1 aliphatic carbocycles. The molecule has 1 saturated carbocycles. The fourth-order valence-electron chi connectivity index (χ4n) is 2.71. The van der Waals surface area contributed by atoms with Crippen LogP contribution in [0.1, 0.15) is 29.0 Å². The van der Waals surface area contributed by atoms with Gasteiger partial charge in [-0.25, -0.2) is 13.9 Å². The van der Waals surface area contributed by atoms with Crippen LogP contribution in [0.25, 0.3) is 0 Å². The van der Waals surface area contributed by atoms with Gasteiger partial charge in [0, 0.05) is 13.6 Å². The number of rotatable bonds is 6. The minimum Gasteiger partial charge on any atom is -0.349 e. The maximum atomic E-state index is 13.0. The Morgan fingerprint density at radius 3 is 2.70 bits per heavy atom. The molecule has 0 saturated heterocycles. The number of hydrogen-bond donors (Lipinski definition) is 2. The van der Waals surface area contributed by atoms with Crippen molar-refractivity contribution in [1.29, 1.82) is 0 Å². The number of nitrogens with one attached hydrogen (secondary N) is 2. The molecule has 0 spiro atoms. The third kappa shape index (κ3) is 3.85. The minimum absolute atomic E-state index is 0.0221. The molecule has 0 radical (unpaired) electrons. The van der Waals surface area contributed by atoms with Gasteiger partial charge in [0.1, 0.15) is 5.82 Å². The number of aromatic amines is 1. The molecule has 0 bridgehead atoms. The number of aromatic nitrogens is 3. The summed E-state index contributed by atoms with van der Waals surface area (Å²) in [7, 11) is 1.48. The highest BCUT2D eigenvalue weighted by Gasteiger charge is 2.31. The molecule has 23 heavy (non-hydrogen) atoms. The lowest BCUT2D eigenvalue weighted by atomic mass is 9.94. The van der Waals surface area contributed by atoms with Crippen molar-refractivity contribution < 1.29 is 9.18 Å². The van der Waals surface area contributed by atoms with E-state index in [0.29, 0.717) is 18.4 Å². The molecule has 6 nitrogen and oxygen atoms in total. The second-order valence-electron chi connectivity index (χ2n) is 6.04. The van der Waals surface area contributed by atoms with Gasteiger partial charge in [-0.2, -0.15) is 0 Å². The van der Waals surface area contributed by atoms with Gasteiger partial charge in [0.2, 0.25) is 5.82 Å². The van der Waals surface area contributed by atoms with Crippen molar-refractivity contribution in [3.8, 4) is 0 Å². The van der Waals surface area contributed by atoms with Crippen LogP contribution in [0.15, 0.2) is 29.1 Å². The zero-order valence-electron chi connectivity index (χ0n) is 12.9. The number of halogens is 1. The summed E-state index contributed by atoms with van der Waals surface area (Å²) in [5, 5.41) is 6.67. The molecule has 1 fully saturated rings. The van der Waals surface area contributed by atoms with E-state index in [1.54, 1.807) is 12.1 Å². The van der Waals surface area contributed by atoms with E-state index < -0.39 is 5.69 Å². The Morgan fingerprint density at radius 2 is 2.13 bits per heavy atom. The normalized spacial score (nSPS) is 15.4. The summed E-state index contributed by atoms with van der Waals surface area (Å²) in [5.41, 5.74) is 0.643. The van der Waals surface area contributed by atoms with Gasteiger partial charge in [0.15, 0.2) is 0 Å².